The molecule has 0 saturated carbocycles. The van der Waals surface area contributed by atoms with Crippen molar-refractivity contribution in [2.24, 2.45) is 0 Å². The van der Waals surface area contributed by atoms with E-state index in [1.54, 1.807) is 30.3 Å². The second-order valence-corrected chi connectivity index (χ2v) is 8.27. The number of ketones is 1. The van der Waals surface area contributed by atoms with Crippen LogP contribution in [0, 0.1) is 0 Å². The van der Waals surface area contributed by atoms with E-state index in [4.69, 9.17) is 9.47 Å². The molecular formula is C28H21BrO4. The SMILES string of the molecule is O=C(COC(=O)c1cc(Br)ccc1OCc1ccccc1)c1ccc(-c2ccccc2)cc1. The van der Waals surface area contributed by atoms with Gasteiger partial charge in [0.25, 0.3) is 0 Å². The zero-order chi connectivity index (χ0) is 23.0. The zero-order valence-corrected chi connectivity index (χ0v) is 19.3. The summed E-state index contributed by atoms with van der Waals surface area (Å²) < 4.78 is 11.9. The first-order valence-electron chi connectivity index (χ1n) is 10.4. The van der Waals surface area contributed by atoms with Crippen LogP contribution < -0.4 is 4.74 Å². The number of ether oxygens (including phenoxy) is 2. The van der Waals surface area contributed by atoms with Crippen LogP contribution in [0.4, 0.5) is 0 Å². The molecule has 33 heavy (non-hydrogen) atoms. The van der Waals surface area contributed by atoms with Gasteiger partial charge in [-0.25, -0.2) is 4.79 Å². The highest BCUT2D eigenvalue weighted by Gasteiger charge is 2.17. The van der Waals surface area contributed by atoms with Crippen molar-refractivity contribution in [3.8, 4) is 16.9 Å². The number of benzene rings is 4. The van der Waals surface area contributed by atoms with Crippen LogP contribution in [0.25, 0.3) is 11.1 Å². The van der Waals surface area contributed by atoms with Gasteiger partial charge in [0.15, 0.2) is 12.4 Å². The molecular weight excluding hydrogens is 480 g/mol. The van der Waals surface area contributed by atoms with Crippen molar-refractivity contribution in [2.75, 3.05) is 6.61 Å². The third-order valence-electron chi connectivity index (χ3n) is 5.05. The fraction of sp³-hybridized carbons (Fsp3) is 0.0714. The summed E-state index contributed by atoms with van der Waals surface area (Å²) in [5, 5.41) is 0. The van der Waals surface area contributed by atoms with Crippen molar-refractivity contribution < 1.29 is 19.1 Å². The van der Waals surface area contributed by atoms with Crippen molar-refractivity contribution in [3.05, 3.63) is 124 Å². The number of Topliss-reactive ketones (excluding diaryl/α,β-unsaturated/α-hetero) is 1. The minimum Gasteiger partial charge on any atom is -0.488 e. The van der Waals surface area contributed by atoms with Crippen molar-refractivity contribution in [2.45, 2.75) is 6.61 Å². The summed E-state index contributed by atoms with van der Waals surface area (Å²) in [5.74, 6) is -0.495. The number of hydrogen-bond acceptors (Lipinski definition) is 4. The van der Waals surface area contributed by atoms with E-state index in [-0.39, 0.29) is 18.0 Å². The Labute approximate surface area is 200 Å². The third-order valence-corrected chi connectivity index (χ3v) is 5.54. The maximum atomic E-state index is 12.7. The van der Waals surface area contributed by atoms with Crippen LogP contribution in [0.3, 0.4) is 0 Å². The smallest absolute Gasteiger partial charge is 0.342 e. The van der Waals surface area contributed by atoms with E-state index in [2.05, 4.69) is 15.9 Å². The molecule has 0 heterocycles. The number of halogens is 1. The molecule has 0 N–H and O–H groups in total. The average Bonchev–Trinajstić information content (AvgIpc) is 2.87. The lowest BCUT2D eigenvalue weighted by Crippen LogP contribution is -2.15. The Morgan fingerprint density at radius 3 is 2.06 bits per heavy atom. The predicted octanol–water partition coefficient (Wildman–Crippen LogP) is 6.73. The number of hydrogen-bond donors (Lipinski definition) is 0. The summed E-state index contributed by atoms with van der Waals surface area (Å²) in [6.07, 6.45) is 0. The van der Waals surface area contributed by atoms with Gasteiger partial charge in [0.05, 0.1) is 0 Å². The molecule has 0 aliphatic heterocycles. The molecule has 4 aromatic carbocycles. The summed E-state index contributed by atoms with van der Waals surface area (Å²) in [6, 6.07) is 31.9. The molecule has 0 aromatic heterocycles. The van der Waals surface area contributed by atoms with Crippen LogP contribution in [-0.4, -0.2) is 18.4 Å². The van der Waals surface area contributed by atoms with E-state index >= 15 is 0 Å². The highest BCUT2D eigenvalue weighted by molar-refractivity contribution is 9.10. The van der Waals surface area contributed by atoms with Crippen LogP contribution in [0.15, 0.2) is 108 Å². The zero-order valence-electron chi connectivity index (χ0n) is 17.7. The molecule has 0 spiro atoms. The molecule has 0 radical (unpaired) electrons. The topological polar surface area (TPSA) is 52.6 Å². The van der Waals surface area contributed by atoms with Crippen molar-refractivity contribution in [1.29, 1.82) is 0 Å². The molecule has 0 unspecified atom stereocenters. The number of rotatable bonds is 8. The van der Waals surface area contributed by atoms with E-state index in [9.17, 15) is 9.59 Å². The summed E-state index contributed by atoms with van der Waals surface area (Å²) in [7, 11) is 0. The summed E-state index contributed by atoms with van der Waals surface area (Å²) >= 11 is 3.37. The Bertz CT molecular complexity index is 1240. The Morgan fingerprint density at radius 1 is 0.727 bits per heavy atom. The van der Waals surface area contributed by atoms with Crippen LogP contribution in [0.5, 0.6) is 5.75 Å². The first-order valence-corrected chi connectivity index (χ1v) is 11.2. The molecule has 0 atom stereocenters. The molecule has 4 rings (SSSR count). The highest BCUT2D eigenvalue weighted by atomic mass is 79.9. The van der Waals surface area contributed by atoms with E-state index < -0.39 is 5.97 Å². The molecule has 4 aromatic rings. The van der Waals surface area contributed by atoms with Gasteiger partial charge in [-0.3, -0.25) is 4.79 Å². The standard InChI is InChI=1S/C28H21BrO4/c29-24-15-16-27(32-18-20-7-3-1-4-8-20)25(17-24)28(31)33-19-26(30)23-13-11-22(12-14-23)21-9-5-2-6-10-21/h1-17H,18-19H2. The number of carbonyl (C=O) groups excluding carboxylic acids is 2. The maximum Gasteiger partial charge on any atom is 0.342 e. The first-order chi connectivity index (χ1) is 16.1. The first kappa shape index (κ1) is 22.5. The molecule has 0 bridgehead atoms. The second kappa shape index (κ2) is 10.7. The number of esters is 1. The molecule has 164 valence electrons. The lowest BCUT2D eigenvalue weighted by atomic mass is 10.0. The minimum absolute atomic E-state index is 0.257. The Kier molecular flexibility index (Phi) is 7.33. The largest absolute Gasteiger partial charge is 0.488 e. The summed E-state index contributed by atoms with van der Waals surface area (Å²) in [5.41, 5.74) is 3.80. The Balaban J connectivity index is 1.40. The molecule has 0 fully saturated rings. The predicted molar refractivity (Wildman–Crippen MR) is 131 cm³/mol. The average molecular weight is 501 g/mol. The van der Waals surface area contributed by atoms with E-state index in [1.165, 1.54) is 0 Å². The van der Waals surface area contributed by atoms with Crippen LogP contribution in [0.1, 0.15) is 26.3 Å². The van der Waals surface area contributed by atoms with Crippen LogP contribution >= 0.6 is 15.9 Å². The van der Waals surface area contributed by atoms with Gasteiger partial charge < -0.3 is 9.47 Å². The minimum atomic E-state index is -0.617. The van der Waals surface area contributed by atoms with Gasteiger partial charge in [-0.2, -0.15) is 0 Å². The lowest BCUT2D eigenvalue weighted by molar-refractivity contribution is 0.0470. The fourth-order valence-electron chi connectivity index (χ4n) is 3.29. The van der Waals surface area contributed by atoms with Crippen molar-refractivity contribution in [1.82, 2.24) is 0 Å². The van der Waals surface area contributed by atoms with Crippen LogP contribution in [0.2, 0.25) is 0 Å². The third kappa shape index (κ3) is 5.96. The molecule has 4 nitrogen and oxygen atoms in total. The molecule has 0 saturated heterocycles. The van der Waals surface area contributed by atoms with Crippen molar-refractivity contribution >= 4 is 27.7 Å². The fourth-order valence-corrected chi connectivity index (χ4v) is 3.66. The summed E-state index contributed by atoms with van der Waals surface area (Å²) in [4.78, 5) is 25.3. The summed E-state index contributed by atoms with van der Waals surface area (Å²) in [6.45, 7) is -0.0381. The van der Waals surface area contributed by atoms with Gasteiger partial charge in [-0.1, -0.05) is 101 Å². The Hall–Kier alpha value is -3.70. The van der Waals surface area contributed by atoms with E-state index in [0.717, 1.165) is 16.7 Å². The van der Waals surface area contributed by atoms with Gasteiger partial charge in [-0.15, -0.1) is 0 Å². The molecule has 0 aliphatic carbocycles. The lowest BCUT2D eigenvalue weighted by Gasteiger charge is -2.12. The normalized spacial score (nSPS) is 10.5. The van der Waals surface area contributed by atoms with Gasteiger partial charge in [0.2, 0.25) is 0 Å². The van der Waals surface area contributed by atoms with Gasteiger partial charge in [0, 0.05) is 10.0 Å². The maximum absolute atomic E-state index is 12.7. The van der Waals surface area contributed by atoms with E-state index in [0.29, 0.717) is 22.4 Å². The van der Waals surface area contributed by atoms with Gasteiger partial charge in [-0.05, 0) is 34.9 Å². The highest BCUT2D eigenvalue weighted by Crippen LogP contribution is 2.25. The Morgan fingerprint density at radius 2 is 1.36 bits per heavy atom. The van der Waals surface area contributed by atoms with E-state index in [1.807, 2.05) is 72.8 Å². The number of carbonyl (C=O) groups is 2. The van der Waals surface area contributed by atoms with Crippen LogP contribution in [-0.2, 0) is 11.3 Å². The molecule has 5 heteroatoms. The van der Waals surface area contributed by atoms with Gasteiger partial charge in [0.1, 0.15) is 17.9 Å². The second-order valence-electron chi connectivity index (χ2n) is 7.36. The van der Waals surface area contributed by atoms with Crippen molar-refractivity contribution in [3.63, 3.8) is 0 Å². The monoisotopic (exact) mass is 500 g/mol. The molecule has 0 amide bonds. The molecule has 0 aliphatic rings. The quantitative estimate of drug-likeness (QED) is 0.198. The van der Waals surface area contributed by atoms with Gasteiger partial charge >= 0.3 is 5.97 Å².